The average Bonchev–Trinajstić information content (AvgIpc) is 2.88. The summed E-state index contributed by atoms with van der Waals surface area (Å²) in [5.74, 6) is -14.7. The van der Waals surface area contributed by atoms with Crippen molar-refractivity contribution in [3.8, 4) is 0 Å². The van der Waals surface area contributed by atoms with E-state index in [4.69, 9.17) is 24.1 Å². The highest BCUT2D eigenvalue weighted by Crippen LogP contribution is 2.40. The number of hydrogen-bond acceptors (Lipinski definition) is 13. The Kier molecular flexibility index (Phi) is 19.2. The van der Waals surface area contributed by atoms with Crippen molar-refractivity contribution in [2.45, 2.75) is 142 Å². The number of unbranched alkanes of at least 4 members (excludes halogenated alkanes) is 12. The van der Waals surface area contributed by atoms with Crippen molar-refractivity contribution < 1.29 is 62.7 Å². The molecule has 1 atom stereocenters. The van der Waals surface area contributed by atoms with Gasteiger partial charge in [0.2, 0.25) is 0 Å². The largest absolute Gasteiger partial charge is 0.436 e. The third-order valence-corrected chi connectivity index (χ3v) is 6.21. The fraction of sp³-hybridized carbons (Fsp3) is 0.793. The van der Waals surface area contributed by atoms with Crippen LogP contribution in [-0.2, 0) is 52.5 Å². The predicted octanol–water partition coefficient (Wildman–Crippen LogP) is 3.54. The maximum Gasteiger partial charge on any atom is 0.436 e. The van der Waals surface area contributed by atoms with Crippen LogP contribution in [0.2, 0.25) is 0 Å². The molecule has 0 aromatic carbocycles. The summed E-state index contributed by atoms with van der Waals surface area (Å²) in [6.45, 7) is 4.48. The highest BCUT2D eigenvalue weighted by molar-refractivity contribution is 5.94. The highest BCUT2D eigenvalue weighted by Gasteiger charge is 2.71. The highest BCUT2D eigenvalue weighted by atomic mass is 16.8. The maximum atomic E-state index is 13.3. The van der Waals surface area contributed by atoms with E-state index in [9.17, 15) is 33.9 Å². The van der Waals surface area contributed by atoms with Crippen molar-refractivity contribution in [2.24, 2.45) is 0 Å². The fourth-order valence-corrected chi connectivity index (χ4v) is 4.38. The van der Waals surface area contributed by atoms with Gasteiger partial charge in [0, 0.05) is 34.1 Å². The lowest BCUT2D eigenvalue weighted by atomic mass is 9.96. The van der Waals surface area contributed by atoms with Gasteiger partial charge in [0.1, 0.15) is 0 Å². The van der Waals surface area contributed by atoms with E-state index in [0.717, 1.165) is 59.8 Å². The van der Waals surface area contributed by atoms with Crippen LogP contribution in [0.5, 0.6) is 0 Å². The molecule has 0 spiro atoms. The van der Waals surface area contributed by atoms with Gasteiger partial charge in [0.05, 0.1) is 6.61 Å². The van der Waals surface area contributed by atoms with Gasteiger partial charge < -0.3 is 33.9 Å². The zero-order valence-electron chi connectivity index (χ0n) is 25.6. The van der Waals surface area contributed by atoms with Crippen LogP contribution in [0.25, 0.3) is 0 Å². The Hall–Kier alpha value is -3.06. The Labute approximate surface area is 247 Å². The molecule has 13 heteroatoms. The summed E-state index contributed by atoms with van der Waals surface area (Å²) >= 11 is 0. The molecule has 242 valence electrons. The first kappa shape index (κ1) is 38.9. The molecule has 0 aromatic rings. The van der Waals surface area contributed by atoms with Crippen LogP contribution in [0.1, 0.15) is 125 Å². The van der Waals surface area contributed by atoms with E-state index < -0.39 is 66.5 Å². The van der Waals surface area contributed by atoms with Crippen molar-refractivity contribution in [1.82, 2.24) is 0 Å². The first-order valence-electron chi connectivity index (χ1n) is 14.6. The zero-order chi connectivity index (χ0) is 32.2. The van der Waals surface area contributed by atoms with Crippen molar-refractivity contribution >= 4 is 35.8 Å². The second-order valence-electron chi connectivity index (χ2n) is 10.1. The van der Waals surface area contributed by atoms with Crippen molar-refractivity contribution in [1.29, 1.82) is 0 Å². The Morgan fingerprint density at radius 1 is 0.595 bits per heavy atom. The lowest BCUT2D eigenvalue weighted by Crippen LogP contribution is -2.68. The second kappa shape index (κ2) is 20.8. The van der Waals surface area contributed by atoms with E-state index in [2.05, 4.69) is 11.7 Å². The van der Waals surface area contributed by atoms with Gasteiger partial charge in [0.15, 0.2) is 6.10 Å². The number of ether oxygens (including phenoxy) is 5. The molecule has 0 aliphatic heterocycles. The summed E-state index contributed by atoms with van der Waals surface area (Å²) in [4.78, 5) is 74.2. The number of aliphatic hydroxyl groups excluding tert-OH is 2. The minimum atomic E-state index is -3.43. The first-order valence-corrected chi connectivity index (χ1v) is 14.6. The van der Waals surface area contributed by atoms with Gasteiger partial charge >= 0.3 is 47.4 Å². The van der Waals surface area contributed by atoms with Crippen molar-refractivity contribution in [3.05, 3.63) is 0 Å². The van der Waals surface area contributed by atoms with Gasteiger partial charge in [-0.3, -0.25) is 19.2 Å². The van der Waals surface area contributed by atoms with Crippen molar-refractivity contribution in [2.75, 3.05) is 6.61 Å². The average molecular weight is 605 g/mol. The summed E-state index contributed by atoms with van der Waals surface area (Å²) in [6, 6.07) is 0. The van der Waals surface area contributed by atoms with Crippen molar-refractivity contribution in [3.63, 3.8) is 0 Å². The maximum absolute atomic E-state index is 13.3. The smallest absolute Gasteiger partial charge is 0.414 e. The Bertz CT molecular complexity index is 851. The van der Waals surface area contributed by atoms with E-state index in [1.807, 2.05) is 0 Å². The molecule has 13 nitrogen and oxygen atoms in total. The summed E-state index contributed by atoms with van der Waals surface area (Å²) in [6.07, 6.45) is 10.2. The lowest BCUT2D eigenvalue weighted by Gasteiger charge is -2.43. The van der Waals surface area contributed by atoms with Crippen LogP contribution in [0, 0.1) is 0 Å². The molecule has 1 unspecified atom stereocenters. The summed E-state index contributed by atoms with van der Waals surface area (Å²) in [7, 11) is 0. The molecular weight excluding hydrogens is 556 g/mol. The van der Waals surface area contributed by atoms with Crippen LogP contribution < -0.4 is 0 Å². The Morgan fingerprint density at radius 3 is 1.29 bits per heavy atom. The molecule has 0 amide bonds. The molecule has 0 heterocycles. The van der Waals surface area contributed by atoms with Gasteiger partial charge in [0.25, 0.3) is 0 Å². The number of esters is 6. The molecule has 0 bridgehead atoms. The number of aliphatic hydroxyl groups is 2. The first-order chi connectivity index (χ1) is 19.8. The van der Waals surface area contributed by atoms with Crippen LogP contribution >= 0.6 is 0 Å². The Balaban J connectivity index is 5.87. The Morgan fingerprint density at radius 2 is 0.952 bits per heavy atom. The summed E-state index contributed by atoms with van der Waals surface area (Å²) in [5, 5.41) is 18.6. The quantitative estimate of drug-likeness (QED) is 0.0601. The molecular formula is C29H48O13. The van der Waals surface area contributed by atoms with E-state index in [-0.39, 0.29) is 6.42 Å². The van der Waals surface area contributed by atoms with Crippen LogP contribution in [0.3, 0.4) is 0 Å². The van der Waals surface area contributed by atoms with Crippen LogP contribution in [0.4, 0.5) is 0 Å². The third kappa shape index (κ3) is 14.2. The molecule has 42 heavy (non-hydrogen) atoms. The lowest BCUT2D eigenvalue weighted by molar-refractivity contribution is -0.354. The molecule has 0 aliphatic rings. The number of rotatable bonds is 22. The van der Waals surface area contributed by atoms with Gasteiger partial charge in [-0.05, 0) is 6.42 Å². The SMILES string of the molecule is CCCCCCCCCCCCCCCC(OC(C)=O)(OC(C)=O)C(OC(C)=O)(OC(C)=O)C(=O)OC(=O)C(O)CO. The molecule has 0 radical (unpaired) electrons. The van der Waals surface area contributed by atoms with E-state index in [0.29, 0.717) is 6.42 Å². The molecule has 0 aliphatic carbocycles. The predicted molar refractivity (Wildman–Crippen MR) is 147 cm³/mol. The number of carbonyl (C=O) groups is 6. The number of hydrogen-bond donors (Lipinski definition) is 2. The van der Waals surface area contributed by atoms with Crippen LogP contribution in [-0.4, -0.2) is 70.3 Å². The minimum Gasteiger partial charge on any atom is -0.414 e. The van der Waals surface area contributed by atoms with Gasteiger partial charge in [-0.1, -0.05) is 84.0 Å². The molecule has 0 rings (SSSR count). The molecule has 2 N–H and O–H groups in total. The van der Waals surface area contributed by atoms with E-state index in [1.54, 1.807) is 0 Å². The topological polar surface area (TPSA) is 189 Å². The summed E-state index contributed by atoms with van der Waals surface area (Å²) in [5.41, 5.74) is 0. The van der Waals surface area contributed by atoms with Gasteiger partial charge in [-0.2, -0.15) is 0 Å². The third-order valence-electron chi connectivity index (χ3n) is 6.21. The second-order valence-corrected chi connectivity index (χ2v) is 10.1. The molecule has 0 aromatic heterocycles. The molecule has 0 fully saturated rings. The number of carbonyl (C=O) groups excluding carboxylic acids is 6. The normalized spacial score (nSPS) is 12.2. The molecule has 0 saturated heterocycles. The fourth-order valence-electron chi connectivity index (χ4n) is 4.38. The van der Waals surface area contributed by atoms with Crippen LogP contribution in [0.15, 0.2) is 0 Å². The van der Waals surface area contributed by atoms with E-state index in [1.165, 1.54) is 38.5 Å². The van der Waals surface area contributed by atoms with Gasteiger partial charge in [-0.15, -0.1) is 0 Å². The standard InChI is InChI=1S/C29H48O13/c1-6-7-8-9-10-11-12-13-14-15-16-17-18-19-28(39-21(2)31,40-22(3)32)29(41-23(4)33,42-24(5)34)27(37)38-26(36)25(35)20-30/h25,30,35H,6-20H2,1-5H3. The minimum absolute atomic E-state index is 0.128. The molecule has 0 saturated carbocycles. The van der Waals surface area contributed by atoms with Gasteiger partial charge in [-0.25, -0.2) is 9.59 Å². The zero-order valence-corrected chi connectivity index (χ0v) is 25.6. The summed E-state index contributed by atoms with van der Waals surface area (Å²) < 4.78 is 25.1. The monoisotopic (exact) mass is 604 g/mol. The van der Waals surface area contributed by atoms with E-state index >= 15 is 0 Å².